The third kappa shape index (κ3) is 4.03. The Morgan fingerprint density at radius 1 is 1.33 bits per heavy atom. The molecular formula is C18H21N3O4S2. The van der Waals surface area contributed by atoms with Crippen molar-refractivity contribution >= 4 is 40.0 Å². The number of esters is 1. The van der Waals surface area contributed by atoms with Crippen molar-refractivity contribution in [2.45, 2.75) is 50.2 Å². The van der Waals surface area contributed by atoms with E-state index in [4.69, 9.17) is 9.15 Å². The summed E-state index contributed by atoms with van der Waals surface area (Å²) in [6.45, 7) is 2.20. The van der Waals surface area contributed by atoms with Gasteiger partial charge in [0.25, 0.3) is 5.22 Å². The third-order valence-electron chi connectivity index (χ3n) is 4.83. The average Bonchev–Trinajstić information content (AvgIpc) is 3.29. The van der Waals surface area contributed by atoms with E-state index >= 15 is 0 Å². The number of amides is 1. The Hall–Kier alpha value is -1.87. The van der Waals surface area contributed by atoms with Gasteiger partial charge in [-0.15, -0.1) is 21.5 Å². The number of fused-ring (bicyclic) bond motifs is 1. The minimum absolute atomic E-state index is 0.145. The van der Waals surface area contributed by atoms with Crippen LogP contribution in [0, 0.1) is 5.92 Å². The highest BCUT2D eigenvalue weighted by Gasteiger charge is 2.30. The van der Waals surface area contributed by atoms with Crippen molar-refractivity contribution in [2.24, 2.45) is 5.92 Å². The lowest BCUT2D eigenvalue weighted by Crippen LogP contribution is -2.17. The van der Waals surface area contributed by atoms with Crippen molar-refractivity contribution in [2.75, 3.05) is 18.2 Å². The topological polar surface area (TPSA) is 94.3 Å². The summed E-state index contributed by atoms with van der Waals surface area (Å²) in [7, 11) is 1.37. The van der Waals surface area contributed by atoms with Gasteiger partial charge in [0.1, 0.15) is 5.00 Å². The number of methoxy groups -OCH3 is 1. The molecule has 1 amide bonds. The van der Waals surface area contributed by atoms with Gasteiger partial charge in [-0.1, -0.05) is 18.7 Å². The van der Waals surface area contributed by atoms with E-state index in [2.05, 4.69) is 22.4 Å². The molecule has 2 aromatic rings. The van der Waals surface area contributed by atoms with Gasteiger partial charge in [0.05, 0.1) is 18.4 Å². The Morgan fingerprint density at radius 2 is 2.15 bits per heavy atom. The minimum Gasteiger partial charge on any atom is -0.465 e. The van der Waals surface area contributed by atoms with Crippen LogP contribution < -0.4 is 5.32 Å². The molecule has 2 aliphatic rings. The van der Waals surface area contributed by atoms with Crippen LogP contribution in [-0.2, 0) is 22.4 Å². The predicted octanol–water partition coefficient (Wildman–Crippen LogP) is 3.65. The maximum atomic E-state index is 12.4. The summed E-state index contributed by atoms with van der Waals surface area (Å²) < 4.78 is 10.5. The summed E-state index contributed by atoms with van der Waals surface area (Å²) >= 11 is 2.69. The lowest BCUT2D eigenvalue weighted by molar-refractivity contribution is -0.113. The molecule has 144 valence electrons. The Labute approximate surface area is 165 Å². The molecule has 9 heteroatoms. The van der Waals surface area contributed by atoms with Crippen LogP contribution in [0.4, 0.5) is 5.00 Å². The molecule has 0 saturated heterocycles. The number of carbonyl (C=O) groups excluding carboxylic acids is 2. The fourth-order valence-electron chi connectivity index (χ4n) is 3.22. The lowest BCUT2D eigenvalue weighted by atomic mass is 9.88. The number of hydrogen-bond donors (Lipinski definition) is 1. The number of nitrogens with zero attached hydrogens (tertiary/aromatic N) is 2. The molecule has 7 nitrogen and oxygen atoms in total. The summed E-state index contributed by atoms with van der Waals surface area (Å²) in [5.41, 5.74) is 1.54. The summed E-state index contributed by atoms with van der Waals surface area (Å²) in [6.07, 6.45) is 4.99. The summed E-state index contributed by atoms with van der Waals surface area (Å²) in [6, 6.07) is 0. The molecule has 2 aromatic heterocycles. The summed E-state index contributed by atoms with van der Waals surface area (Å²) in [4.78, 5) is 25.9. The molecule has 1 N–H and O–H groups in total. The monoisotopic (exact) mass is 407 g/mol. The van der Waals surface area contributed by atoms with E-state index < -0.39 is 5.97 Å². The van der Waals surface area contributed by atoms with Crippen molar-refractivity contribution < 1.29 is 18.7 Å². The third-order valence-corrected chi connectivity index (χ3v) is 6.82. The SMILES string of the molecule is COC(=O)c1c(NC(=O)CSc2nnc(C3CC3)o2)sc2c1CC[C@H](C)C2. The van der Waals surface area contributed by atoms with Crippen molar-refractivity contribution in [1.29, 1.82) is 0 Å². The van der Waals surface area contributed by atoms with E-state index in [1.807, 2.05) is 0 Å². The molecule has 0 bridgehead atoms. The Bertz CT molecular complexity index is 872. The second-order valence-electron chi connectivity index (χ2n) is 7.06. The van der Waals surface area contributed by atoms with Gasteiger partial charge in [-0.2, -0.15) is 0 Å². The van der Waals surface area contributed by atoms with Crippen LogP contribution in [0.3, 0.4) is 0 Å². The minimum atomic E-state index is -0.393. The highest BCUT2D eigenvalue weighted by Crippen LogP contribution is 2.41. The smallest absolute Gasteiger partial charge is 0.341 e. The van der Waals surface area contributed by atoms with Gasteiger partial charge in [0.2, 0.25) is 11.8 Å². The number of carbonyl (C=O) groups is 2. The van der Waals surface area contributed by atoms with Crippen LogP contribution in [0.1, 0.15) is 58.8 Å². The van der Waals surface area contributed by atoms with Gasteiger partial charge in [0, 0.05) is 10.8 Å². The molecular weight excluding hydrogens is 386 g/mol. The van der Waals surface area contributed by atoms with Crippen LogP contribution in [0.25, 0.3) is 0 Å². The van der Waals surface area contributed by atoms with E-state index in [0.717, 1.165) is 37.7 Å². The summed E-state index contributed by atoms with van der Waals surface area (Å²) in [5.74, 6) is 1.18. The molecule has 4 rings (SSSR count). The van der Waals surface area contributed by atoms with Gasteiger partial charge in [-0.25, -0.2) is 4.79 Å². The number of aromatic nitrogens is 2. The number of thiophene rings is 1. The highest BCUT2D eigenvalue weighted by atomic mass is 32.2. The fourth-order valence-corrected chi connectivity index (χ4v) is 5.21. The zero-order chi connectivity index (χ0) is 19.0. The molecule has 0 aliphatic heterocycles. The molecule has 2 aliphatic carbocycles. The van der Waals surface area contributed by atoms with Crippen LogP contribution in [-0.4, -0.2) is 34.9 Å². The first-order chi connectivity index (χ1) is 13.0. The quantitative estimate of drug-likeness (QED) is 0.577. The number of nitrogens with one attached hydrogen (secondary N) is 1. The van der Waals surface area contributed by atoms with Gasteiger partial charge >= 0.3 is 5.97 Å². The van der Waals surface area contributed by atoms with Crippen LogP contribution in [0.2, 0.25) is 0 Å². The molecule has 0 spiro atoms. The Balaban J connectivity index is 1.44. The van der Waals surface area contributed by atoms with Gasteiger partial charge in [0.15, 0.2) is 0 Å². The molecule has 1 saturated carbocycles. The maximum absolute atomic E-state index is 12.4. The standard InChI is InChI=1S/C18H21N3O4S2/c1-9-3-6-11-12(7-9)27-16(14(11)17(23)24-2)19-13(22)8-26-18-21-20-15(25-18)10-4-5-10/h9-10H,3-8H2,1-2H3,(H,19,22)/t9-/m0/s1. The molecule has 1 fully saturated rings. The Kier molecular flexibility index (Phi) is 5.23. The molecule has 1 atom stereocenters. The van der Waals surface area contributed by atoms with E-state index in [9.17, 15) is 9.59 Å². The van der Waals surface area contributed by atoms with Gasteiger partial charge in [-0.3, -0.25) is 4.79 Å². The molecule has 2 heterocycles. The van der Waals surface area contributed by atoms with Crippen LogP contribution >= 0.6 is 23.1 Å². The second kappa shape index (κ2) is 7.63. The zero-order valence-electron chi connectivity index (χ0n) is 15.2. The number of ether oxygens (including phenoxy) is 1. The van der Waals surface area contributed by atoms with Crippen molar-refractivity contribution in [3.63, 3.8) is 0 Å². The second-order valence-corrected chi connectivity index (χ2v) is 9.10. The van der Waals surface area contributed by atoms with E-state index in [-0.39, 0.29) is 11.7 Å². The van der Waals surface area contributed by atoms with E-state index in [1.54, 1.807) is 0 Å². The van der Waals surface area contributed by atoms with Crippen LogP contribution in [0.15, 0.2) is 9.64 Å². The van der Waals surface area contributed by atoms with E-state index in [0.29, 0.717) is 33.5 Å². The van der Waals surface area contributed by atoms with E-state index in [1.165, 1.54) is 35.1 Å². The van der Waals surface area contributed by atoms with Crippen LogP contribution in [0.5, 0.6) is 0 Å². The number of anilines is 1. The van der Waals surface area contributed by atoms with Crippen molar-refractivity contribution in [3.05, 3.63) is 21.9 Å². The first-order valence-electron chi connectivity index (χ1n) is 9.04. The Morgan fingerprint density at radius 3 is 2.89 bits per heavy atom. The van der Waals surface area contributed by atoms with Gasteiger partial charge < -0.3 is 14.5 Å². The molecule has 0 aromatic carbocycles. The zero-order valence-corrected chi connectivity index (χ0v) is 16.9. The van der Waals surface area contributed by atoms with Crippen molar-refractivity contribution in [3.8, 4) is 0 Å². The lowest BCUT2D eigenvalue weighted by Gasteiger charge is -2.18. The summed E-state index contributed by atoms with van der Waals surface area (Å²) in [5, 5.41) is 11.8. The first-order valence-corrected chi connectivity index (χ1v) is 10.8. The number of rotatable bonds is 6. The van der Waals surface area contributed by atoms with Crippen molar-refractivity contribution in [1.82, 2.24) is 10.2 Å². The molecule has 0 radical (unpaired) electrons. The number of thioether (sulfide) groups is 1. The fraction of sp³-hybridized carbons (Fsp3) is 0.556. The normalized spacial score (nSPS) is 18.8. The number of hydrogen-bond acceptors (Lipinski definition) is 8. The largest absolute Gasteiger partial charge is 0.465 e. The predicted molar refractivity (Wildman–Crippen MR) is 102 cm³/mol. The maximum Gasteiger partial charge on any atom is 0.341 e. The highest BCUT2D eigenvalue weighted by molar-refractivity contribution is 7.99. The van der Waals surface area contributed by atoms with Gasteiger partial charge in [-0.05, 0) is 43.6 Å². The average molecular weight is 408 g/mol. The molecule has 0 unspecified atom stereocenters. The first kappa shape index (κ1) is 18.5. The molecule has 27 heavy (non-hydrogen) atoms.